The Morgan fingerprint density at radius 2 is 2.13 bits per heavy atom. The topological polar surface area (TPSA) is 90.2 Å². The number of hydrogen-bond acceptors (Lipinski definition) is 5. The Labute approximate surface area is 86.3 Å². The SMILES string of the molecule is C=CS(=O)(=O)c1nc(C)ccc1[N+](=O)[O-]. The van der Waals surface area contributed by atoms with Gasteiger partial charge in [0.15, 0.2) is 0 Å². The summed E-state index contributed by atoms with van der Waals surface area (Å²) in [5.41, 5.74) is -0.151. The standard InChI is InChI=1S/C8H8N2O4S/c1-3-15(13,14)8-7(10(11)12)5-4-6(2)9-8/h3-5H,1H2,2H3. The molecule has 0 aliphatic heterocycles. The van der Waals surface area contributed by atoms with Crippen molar-refractivity contribution in [3.05, 3.63) is 39.9 Å². The van der Waals surface area contributed by atoms with E-state index < -0.39 is 25.5 Å². The van der Waals surface area contributed by atoms with Gasteiger partial charge in [0, 0.05) is 17.2 Å². The monoisotopic (exact) mass is 228 g/mol. The third kappa shape index (κ3) is 2.18. The maximum absolute atomic E-state index is 11.4. The van der Waals surface area contributed by atoms with Crippen LogP contribution in [-0.4, -0.2) is 18.3 Å². The van der Waals surface area contributed by atoms with Crippen LogP contribution in [0.3, 0.4) is 0 Å². The van der Waals surface area contributed by atoms with Crippen molar-refractivity contribution in [3.8, 4) is 0 Å². The molecule has 1 heterocycles. The molecule has 0 aromatic carbocycles. The van der Waals surface area contributed by atoms with Gasteiger partial charge in [0.2, 0.25) is 14.9 Å². The zero-order chi connectivity index (χ0) is 11.6. The Hall–Kier alpha value is -1.76. The van der Waals surface area contributed by atoms with Gasteiger partial charge in [0.05, 0.1) is 4.92 Å². The molecule has 0 fully saturated rings. The first kappa shape index (κ1) is 11.3. The van der Waals surface area contributed by atoms with Gasteiger partial charge in [-0.05, 0) is 13.0 Å². The van der Waals surface area contributed by atoms with Gasteiger partial charge in [-0.1, -0.05) is 6.58 Å². The van der Waals surface area contributed by atoms with E-state index in [1.165, 1.54) is 6.07 Å². The van der Waals surface area contributed by atoms with Crippen LogP contribution in [0.1, 0.15) is 5.69 Å². The number of pyridine rings is 1. The van der Waals surface area contributed by atoms with Gasteiger partial charge < -0.3 is 0 Å². The number of sulfone groups is 1. The van der Waals surface area contributed by atoms with Gasteiger partial charge in [-0.15, -0.1) is 0 Å². The van der Waals surface area contributed by atoms with Gasteiger partial charge in [0.25, 0.3) is 0 Å². The summed E-state index contributed by atoms with van der Waals surface area (Å²) in [4.78, 5) is 13.4. The van der Waals surface area contributed by atoms with E-state index in [4.69, 9.17) is 0 Å². The lowest BCUT2D eigenvalue weighted by Crippen LogP contribution is -2.05. The molecule has 6 nitrogen and oxygen atoms in total. The molecule has 0 atom stereocenters. The fourth-order valence-corrected chi connectivity index (χ4v) is 1.82. The van der Waals surface area contributed by atoms with Crippen LogP contribution in [0.4, 0.5) is 5.69 Å². The van der Waals surface area contributed by atoms with Crippen molar-refractivity contribution < 1.29 is 13.3 Å². The second-order valence-corrected chi connectivity index (χ2v) is 4.56. The number of hydrogen-bond donors (Lipinski definition) is 0. The minimum Gasteiger partial charge on any atom is -0.258 e. The summed E-state index contributed by atoms with van der Waals surface area (Å²) in [6.45, 7) is 4.64. The normalized spacial score (nSPS) is 11.0. The molecule has 0 spiro atoms. The Morgan fingerprint density at radius 1 is 1.53 bits per heavy atom. The van der Waals surface area contributed by atoms with Crippen LogP contribution in [0, 0.1) is 17.0 Å². The molecule has 0 unspecified atom stereocenters. The number of nitrogens with zero attached hydrogens (tertiary/aromatic N) is 2. The summed E-state index contributed by atoms with van der Waals surface area (Å²) in [7, 11) is -3.89. The molecule has 1 aromatic heterocycles. The number of aromatic nitrogens is 1. The largest absolute Gasteiger partial charge is 0.306 e. The summed E-state index contributed by atoms with van der Waals surface area (Å²) in [5.74, 6) is 0. The van der Waals surface area contributed by atoms with Crippen LogP contribution in [0.15, 0.2) is 29.1 Å². The number of nitro groups is 1. The Balaban J connectivity index is 3.58. The van der Waals surface area contributed by atoms with E-state index in [1.807, 2.05) is 0 Å². The number of rotatable bonds is 3. The molecule has 1 aromatic rings. The first-order valence-corrected chi connectivity index (χ1v) is 5.42. The van der Waals surface area contributed by atoms with Gasteiger partial charge in [0.1, 0.15) is 0 Å². The second kappa shape index (κ2) is 3.77. The molecule has 0 bridgehead atoms. The third-order valence-corrected chi connectivity index (χ3v) is 2.94. The molecule has 80 valence electrons. The van der Waals surface area contributed by atoms with Gasteiger partial charge in [-0.25, -0.2) is 13.4 Å². The Kier molecular flexibility index (Phi) is 2.85. The van der Waals surface area contributed by atoms with E-state index in [1.54, 1.807) is 6.92 Å². The van der Waals surface area contributed by atoms with Crippen molar-refractivity contribution in [3.63, 3.8) is 0 Å². The molecule has 0 saturated heterocycles. The molecule has 15 heavy (non-hydrogen) atoms. The molecule has 0 aliphatic carbocycles. The highest BCUT2D eigenvalue weighted by Crippen LogP contribution is 2.22. The maximum atomic E-state index is 11.4. The molecule has 0 N–H and O–H groups in total. The summed E-state index contributed by atoms with van der Waals surface area (Å²) in [6, 6.07) is 2.49. The maximum Gasteiger partial charge on any atom is 0.306 e. The highest BCUT2D eigenvalue weighted by molar-refractivity contribution is 7.94. The van der Waals surface area contributed by atoms with Crippen LogP contribution < -0.4 is 0 Å². The van der Waals surface area contributed by atoms with Crippen LogP contribution >= 0.6 is 0 Å². The lowest BCUT2D eigenvalue weighted by molar-refractivity contribution is -0.388. The predicted molar refractivity (Wildman–Crippen MR) is 53.0 cm³/mol. The fraction of sp³-hybridized carbons (Fsp3) is 0.125. The van der Waals surface area contributed by atoms with E-state index in [0.29, 0.717) is 11.1 Å². The van der Waals surface area contributed by atoms with Crippen molar-refractivity contribution in [1.29, 1.82) is 0 Å². The quantitative estimate of drug-likeness (QED) is 0.573. The highest BCUT2D eigenvalue weighted by Gasteiger charge is 2.25. The van der Waals surface area contributed by atoms with E-state index in [-0.39, 0.29) is 0 Å². The summed E-state index contributed by atoms with van der Waals surface area (Å²) in [6.07, 6.45) is 0. The van der Waals surface area contributed by atoms with E-state index in [2.05, 4.69) is 11.6 Å². The van der Waals surface area contributed by atoms with Crippen molar-refractivity contribution in [2.24, 2.45) is 0 Å². The van der Waals surface area contributed by atoms with E-state index in [9.17, 15) is 18.5 Å². The van der Waals surface area contributed by atoms with Crippen molar-refractivity contribution in [1.82, 2.24) is 4.98 Å². The predicted octanol–water partition coefficient (Wildman–Crippen LogP) is 1.22. The molecular weight excluding hydrogens is 220 g/mol. The molecule has 0 radical (unpaired) electrons. The van der Waals surface area contributed by atoms with E-state index in [0.717, 1.165) is 6.07 Å². The van der Waals surface area contributed by atoms with Crippen molar-refractivity contribution >= 4 is 15.5 Å². The number of aryl methyl sites for hydroxylation is 1. The molecule has 0 amide bonds. The fourth-order valence-electron chi connectivity index (χ4n) is 0.953. The molecular formula is C8H8N2O4S. The van der Waals surface area contributed by atoms with Crippen molar-refractivity contribution in [2.45, 2.75) is 11.9 Å². The van der Waals surface area contributed by atoms with Crippen LogP contribution in [0.25, 0.3) is 0 Å². The minimum absolute atomic E-state index is 0.390. The molecule has 7 heteroatoms. The van der Waals surface area contributed by atoms with Gasteiger partial charge >= 0.3 is 5.69 Å². The molecule has 0 saturated carbocycles. The lowest BCUT2D eigenvalue weighted by atomic mass is 10.3. The van der Waals surface area contributed by atoms with Crippen LogP contribution in [0.5, 0.6) is 0 Å². The molecule has 1 rings (SSSR count). The smallest absolute Gasteiger partial charge is 0.258 e. The van der Waals surface area contributed by atoms with E-state index >= 15 is 0 Å². The second-order valence-electron chi connectivity index (χ2n) is 2.75. The lowest BCUT2D eigenvalue weighted by Gasteiger charge is -2.00. The first-order chi connectivity index (χ1) is 6.88. The van der Waals surface area contributed by atoms with Crippen molar-refractivity contribution in [2.75, 3.05) is 0 Å². The average molecular weight is 228 g/mol. The summed E-state index contributed by atoms with van der Waals surface area (Å²) >= 11 is 0. The van der Waals surface area contributed by atoms with Crippen LogP contribution in [0.2, 0.25) is 0 Å². The highest BCUT2D eigenvalue weighted by atomic mass is 32.2. The summed E-state index contributed by atoms with van der Waals surface area (Å²) < 4.78 is 22.8. The third-order valence-electron chi connectivity index (χ3n) is 1.67. The zero-order valence-electron chi connectivity index (χ0n) is 7.87. The average Bonchev–Trinajstić information content (AvgIpc) is 2.17. The van der Waals surface area contributed by atoms with Gasteiger partial charge in [-0.2, -0.15) is 0 Å². The van der Waals surface area contributed by atoms with Gasteiger partial charge in [-0.3, -0.25) is 10.1 Å². The minimum atomic E-state index is -3.89. The molecule has 0 aliphatic rings. The van der Waals surface area contributed by atoms with Crippen LogP contribution in [-0.2, 0) is 9.84 Å². The Bertz CT molecular complexity index is 521. The summed E-state index contributed by atoms with van der Waals surface area (Å²) in [5, 5.41) is 10.6. The Morgan fingerprint density at radius 3 is 2.60 bits per heavy atom. The zero-order valence-corrected chi connectivity index (χ0v) is 8.69. The first-order valence-electron chi connectivity index (χ1n) is 3.88.